The van der Waals surface area contributed by atoms with E-state index in [1.165, 1.54) is 12.8 Å². The molecule has 5 nitrogen and oxygen atoms in total. The smallest absolute Gasteiger partial charge is 0.326 e. The Hall–Kier alpha value is -1.10. The molecule has 1 fully saturated rings. The number of aliphatic carboxylic acids is 1. The molecule has 0 bridgehead atoms. The van der Waals surface area contributed by atoms with Crippen LogP contribution in [0.2, 0.25) is 0 Å². The second-order valence-corrected chi connectivity index (χ2v) is 4.55. The first kappa shape index (κ1) is 14.0. The van der Waals surface area contributed by atoms with E-state index in [0.29, 0.717) is 18.9 Å². The van der Waals surface area contributed by atoms with Gasteiger partial charge < -0.3 is 15.7 Å². The third-order valence-corrected chi connectivity index (χ3v) is 3.17. The molecule has 2 atom stereocenters. The SMILES string of the molecule is CC[C@H](NC(=O)CCC1CCCCN1)C(=O)O. The van der Waals surface area contributed by atoms with Crippen LogP contribution >= 0.6 is 0 Å². The van der Waals surface area contributed by atoms with Crippen LogP contribution in [0.15, 0.2) is 0 Å². The van der Waals surface area contributed by atoms with Gasteiger partial charge in [0.05, 0.1) is 0 Å². The van der Waals surface area contributed by atoms with Crippen molar-refractivity contribution in [3.63, 3.8) is 0 Å². The minimum absolute atomic E-state index is 0.161. The fourth-order valence-corrected chi connectivity index (χ4v) is 2.08. The zero-order chi connectivity index (χ0) is 12.7. The maximum Gasteiger partial charge on any atom is 0.326 e. The molecule has 1 heterocycles. The highest BCUT2D eigenvalue weighted by atomic mass is 16.4. The minimum Gasteiger partial charge on any atom is -0.480 e. The standard InChI is InChI=1S/C12H22N2O3/c1-2-10(12(16)17)14-11(15)7-6-9-5-3-4-8-13-9/h9-10,13H,2-8H2,1H3,(H,14,15)(H,16,17)/t9?,10-/m0/s1. The van der Waals surface area contributed by atoms with Gasteiger partial charge in [-0.05, 0) is 32.2 Å². The van der Waals surface area contributed by atoms with E-state index in [2.05, 4.69) is 10.6 Å². The maximum atomic E-state index is 11.6. The van der Waals surface area contributed by atoms with E-state index in [9.17, 15) is 9.59 Å². The van der Waals surface area contributed by atoms with E-state index in [1.807, 2.05) is 0 Å². The lowest BCUT2D eigenvalue weighted by Gasteiger charge is -2.23. The van der Waals surface area contributed by atoms with Crippen LogP contribution in [0, 0.1) is 0 Å². The first-order valence-corrected chi connectivity index (χ1v) is 6.39. The van der Waals surface area contributed by atoms with Gasteiger partial charge in [0.2, 0.25) is 5.91 Å². The van der Waals surface area contributed by atoms with Crippen LogP contribution in [-0.2, 0) is 9.59 Å². The summed E-state index contributed by atoms with van der Waals surface area (Å²) in [5.74, 6) is -1.12. The van der Waals surface area contributed by atoms with E-state index in [1.54, 1.807) is 6.92 Å². The van der Waals surface area contributed by atoms with Crippen molar-refractivity contribution in [2.75, 3.05) is 6.54 Å². The van der Waals surface area contributed by atoms with Gasteiger partial charge in [-0.15, -0.1) is 0 Å². The first-order valence-electron chi connectivity index (χ1n) is 6.39. The number of hydrogen-bond acceptors (Lipinski definition) is 3. The van der Waals surface area contributed by atoms with Gasteiger partial charge in [0.15, 0.2) is 0 Å². The lowest BCUT2D eigenvalue weighted by molar-refractivity contribution is -0.141. The Morgan fingerprint density at radius 3 is 2.76 bits per heavy atom. The van der Waals surface area contributed by atoms with Crippen molar-refractivity contribution in [2.24, 2.45) is 0 Å². The van der Waals surface area contributed by atoms with Crippen molar-refractivity contribution in [1.82, 2.24) is 10.6 Å². The fourth-order valence-electron chi connectivity index (χ4n) is 2.08. The Balaban J connectivity index is 2.21. The van der Waals surface area contributed by atoms with Crippen molar-refractivity contribution >= 4 is 11.9 Å². The number of rotatable bonds is 6. The Morgan fingerprint density at radius 2 is 2.24 bits per heavy atom. The molecule has 3 N–H and O–H groups in total. The van der Waals surface area contributed by atoms with Gasteiger partial charge in [-0.2, -0.15) is 0 Å². The molecule has 0 aromatic carbocycles. The molecule has 1 aliphatic heterocycles. The highest BCUT2D eigenvalue weighted by Gasteiger charge is 2.19. The summed E-state index contributed by atoms with van der Waals surface area (Å²) in [5.41, 5.74) is 0. The van der Waals surface area contributed by atoms with Gasteiger partial charge in [0.1, 0.15) is 6.04 Å². The summed E-state index contributed by atoms with van der Waals surface area (Å²) < 4.78 is 0. The quantitative estimate of drug-likeness (QED) is 0.646. The van der Waals surface area contributed by atoms with Gasteiger partial charge in [0, 0.05) is 12.5 Å². The zero-order valence-corrected chi connectivity index (χ0v) is 10.4. The van der Waals surface area contributed by atoms with Gasteiger partial charge in [-0.25, -0.2) is 4.79 Å². The summed E-state index contributed by atoms with van der Waals surface area (Å²) >= 11 is 0. The van der Waals surface area contributed by atoms with E-state index in [0.717, 1.165) is 19.4 Å². The van der Waals surface area contributed by atoms with E-state index >= 15 is 0 Å². The second kappa shape index (κ2) is 7.27. The summed E-state index contributed by atoms with van der Waals surface area (Å²) in [6, 6.07) is -0.332. The number of carbonyl (C=O) groups is 2. The summed E-state index contributed by atoms with van der Waals surface area (Å²) in [6.45, 7) is 2.78. The number of carboxylic acid groups (broad SMARTS) is 1. The maximum absolute atomic E-state index is 11.6. The number of hydrogen-bond donors (Lipinski definition) is 3. The molecule has 0 saturated carbocycles. The van der Waals surface area contributed by atoms with Crippen molar-refractivity contribution in [3.8, 4) is 0 Å². The average Bonchev–Trinajstić information content (AvgIpc) is 2.34. The molecule has 0 aromatic heterocycles. The van der Waals surface area contributed by atoms with Crippen LogP contribution < -0.4 is 10.6 Å². The Morgan fingerprint density at radius 1 is 1.47 bits per heavy atom. The number of nitrogens with one attached hydrogen (secondary N) is 2. The average molecular weight is 242 g/mol. The monoisotopic (exact) mass is 242 g/mol. The summed E-state index contributed by atoms with van der Waals surface area (Å²) in [7, 11) is 0. The number of amides is 1. The number of piperidine rings is 1. The molecule has 98 valence electrons. The largest absolute Gasteiger partial charge is 0.480 e. The lowest BCUT2D eigenvalue weighted by Crippen LogP contribution is -2.41. The predicted molar refractivity (Wildman–Crippen MR) is 64.7 cm³/mol. The molecule has 1 aliphatic rings. The van der Waals surface area contributed by atoms with Crippen LogP contribution in [0.1, 0.15) is 45.4 Å². The van der Waals surface area contributed by atoms with E-state index in [-0.39, 0.29) is 5.91 Å². The molecule has 0 radical (unpaired) electrons. The molecule has 0 spiro atoms. The normalized spacial score (nSPS) is 21.8. The van der Waals surface area contributed by atoms with Crippen molar-refractivity contribution in [3.05, 3.63) is 0 Å². The molecule has 5 heteroatoms. The molecule has 1 unspecified atom stereocenters. The van der Waals surface area contributed by atoms with E-state index in [4.69, 9.17) is 5.11 Å². The van der Waals surface area contributed by atoms with Crippen LogP contribution in [0.5, 0.6) is 0 Å². The first-order chi connectivity index (χ1) is 8.13. The minimum atomic E-state index is -0.961. The molecule has 0 aromatic rings. The van der Waals surface area contributed by atoms with Gasteiger partial charge in [0.25, 0.3) is 0 Å². The van der Waals surface area contributed by atoms with Crippen LogP contribution in [0.25, 0.3) is 0 Å². The molecular formula is C12H22N2O3. The Labute approximate surface area is 102 Å². The van der Waals surface area contributed by atoms with Crippen molar-refractivity contribution < 1.29 is 14.7 Å². The van der Waals surface area contributed by atoms with Gasteiger partial charge in [-0.1, -0.05) is 13.3 Å². The van der Waals surface area contributed by atoms with Crippen LogP contribution in [0.4, 0.5) is 0 Å². The Kier molecular flexibility index (Phi) is 5.97. The lowest BCUT2D eigenvalue weighted by atomic mass is 10.0. The number of carboxylic acids is 1. The molecular weight excluding hydrogens is 220 g/mol. The highest BCUT2D eigenvalue weighted by molar-refractivity contribution is 5.83. The van der Waals surface area contributed by atoms with Gasteiger partial charge in [-0.3, -0.25) is 4.79 Å². The van der Waals surface area contributed by atoms with Crippen molar-refractivity contribution in [2.45, 2.75) is 57.5 Å². The fraction of sp³-hybridized carbons (Fsp3) is 0.833. The second-order valence-electron chi connectivity index (χ2n) is 4.55. The summed E-state index contributed by atoms with van der Waals surface area (Å²) in [6.07, 6.45) is 5.15. The van der Waals surface area contributed by atoms with Crippen LogP contribution in [0.3, 0.4) is 0 Å². The molecule has 1 saturated heterocycles. The van der Waals surface area contributed by atoms with E-state index < -0.39 is 12.0 Å². The van der Waals surface area contributed by atoms with Crippen molar-refractivity contribution in [1.29, 1.82) is 0 Å². The topological polar surface area (TPSA) is 78.4 Å². The summed E-state index contributed by atoms with van der Waals surface area (Å²) in [4.78, 5) is 22.3. The third-order valence-electron chi connectivity index (χ3n) is 3.17. The van der Waals surface area contributed by atoms with Crippen LogP contribution in [-0.4, -0.2) is 35.6 Å². The molecule has 1 amide bonds. The predicted octanol–water partition coefficient (Wildman–Crippen LogP) is 0.888. The van der Waals surface area contributed by atoms with Gasteiger partial charge >= 0.3 is 5.97 Å². The zero-order valence-electron chi connectivity index (χ0n) is 10.4. The number of carbonyl (C=O) groups excluding carboxylic acids is 1. The highest BCUT2D eigenvalue weighted by Crippen LogP contribution is 2.11. The molecule has 0 aliphatic carbocycles. The summed E-state index contributed by atoms with van der Waals surface area (Å²) in [5, 5.41) is 14.7. The molecule has 1 rings (SSSR count). The molecule has 17 heavy (non-hydrogen) atoms. The third kappa shape index (κ3) is 5.17. The Bertz CT molecular complexity index is 262.